The van der Waals surface area contributed by atoms with E-state index in [1.807, 2.05) is 36.4 Å². The molecule has 1 aliphatic rings. The number of benzene rings is 3. The lowest BCUT2D eigenvalue weighted by atomic mass is 9.91. The average molecular weight is 425 g/mol. The normalized spacial score (nSPS) is 13.2. The average Bonchev–Trinajstić information content (AvgIpc) is 2.79. The molecule has 6 heteroatoms. The van der Waals surface area contributed by atoms with Gasteiger partial charge in [-0.15, -0.1) is 0 Å². The Hall–Kier alpha value is -3.90. The van der Waals surface area contributed by atoms with Crippen molar-refractivity contribution in [1.82, 2.24) is 9.97 Å². The summed E-state index contributed by atoms with van der Waals surface area (Å²) in [6.07, 6.45) is 1.04. The Morgan fingerprint density at radius 2 is 1.56 bits per heavy atom. The molecule has 0 aliphatic heterocycles. The standard InChI is InChI=1S/C26H23N3O3/c30-19-9-6-17(7-10-19)24-26(28-23(32)14-16-4-2-1-3-5-16)27-22-13-8-18-15-20(31)11-12-21(18)25(22)29-24/h1-7,9-12,15,23,30-32H,8,13-14H2,(H,27,28). The van der Waals surface area contributed by atoms with Crippen molar-refractivity contribution < 1.29 is 15.3 Å². The molecule has 6 nitrogen and oxygen atoms in total. The number of aromatic nitrogens is 2. The molecule has 0 radical (unpaired) electrons. The van der Waals surface area contributed by atoms with E-state index in [0.29, 0.717) is 24.4 Å². The predicted octanol–water partition coefficient (Wildman–Crippen LogP) is 4.29. The molecule has 1 aliphatic carbocycles. The molecule has 0 saturated heterocycles. The zero-order chi connectivity index (χ0) is 22.1. The van der Waals surface area contributed by atoms with Crippen molar-refractivity contribution in [2.75, 3.05) is 5.32 Å². The number of aliphatic hydroxyl groups excluding tert-OH is 1. The zero-order valence-electron chi connectivity index (χ0n) is 17.4. The maximum atomic E-state index is 10.7. The Bertz CT molecular complexity index is 1260. The number of rotatable bonds is 5. The van der Waals surface area contributed by atoms with Crippen LogP contribution in [0.25, 0.3) is 22.5 Å². The first-order chi connectivity index (χ1) is 15.6. The molecule has 1 heterocycles. The lowest BCUT2D eigenvalue weighted by molar-refractivity contribution is 0.203. The molecule has 1 atom stereocenters. The minimum Gasteiger partial charge on any atom is -0.508 e. The topological polar surface area (TPSA) is 98.5 Å². The summed E-state index contributed by atoms with van der Waals surface area (Å²) in [6.45, 7) is 0. The first-order valence-electron chi connectivity index (χ1n) is 10.6. The highest BCUT2D eigenvalue weighted by atomic mass is 16.3. The van der Waals surface area contributed by atoms with Crippen LogP contribution in [0.3, 0.4) is 0 Å². The monoisotopic (exact) mass is 425 g/mol. The van der Waals surface area contributed by atoms with Crippen molar-refractivity contribution >= 4 is 5.82 Å². The third-order valence-corrected chi connectivity index (χ3v) is 5.66. The molecular weight excluding hydrogens is 402 g/mol. The highest BCUT2D eigenvalue weighted by Crippen LogP contribution is 2.37. The fourth-order valence-electron chi connectivity index (χ4n) is 4.10. The summed E-state index contributed by atoms with van der Waals surface area (Å²) in [4.78, 5) is 9.80. The number of hydrogen-bond donors (Lipinski definition) is 4. The maximum Gasteiger partial charge on any atom is 0.154 e. The molecular formula is C26H23N3O3. The smallest absolute Gasteiger partial charge is 0.154 e. The van der Waals surface area contributed by atoms with Gasteiger partial charge < -0.3 is 20.6 Å². The van der Waals surface area contributed by atoms with Gasteiger partial charge in [0.2, 0.25) is 0 Å². The van der Waals surface area contributed by atoms with Gasteiger partial charge in [-0.3, -0.25) is 0 Å². The van der Waals surface area contributed by atoms with E-state index in [1.165, 1.54) is 0 Å². The molecule has 0 fully saturated rings. The molecule has 32 heavy (non-hydrogen) atoms. The van der Waals surface area contributed by atoms with Crippen LogP contribution >= 0.6 is 0 Å². The molecule has 4 aromatic rings. The summed E-state index contributed by atoms with van der Waals surface area (Å²) in [5, 5.41) is 33.4. The highest BCUT2D eigenvalue weighted by Gasteiger charge is 2.23. The lowest BCUT2D eigenvalue weighted by Gasteiger charge is -2.23. The summed E-state index contributed by atoms with van der Waals surface area (Å²) in [5.41, 5.74) is 5.99. The number of aliphatic hydroxyl groups is 1. The second-order valence-electron chi connectivity index (χ2n) is 7.95. The number of hydrogen-bond acceptors (Lipinski definition) is 6. The minimum atomic E-state index is -0.839. The molecule has 1 aromatic heterocycles. The molecule has 1 unspecified atom stereocenters. The van der Waals surface area contributed by atoms with Crippen LogP contribution in [0.5, 0.6) is 11.5 Å². The van der Waals surface area contributed by atoms with Crippen LogP contribution in [-0.4, -0.2) is 31.5 Å². The Labute approximate surface area is 185 Å². The van der Waals surface area contributed by atoms with Gasteiger partial charge in [-0.2, -0.15) is 0 Å². The molecule has 0 bridgehead atoms. The van der Waals surface area contributed by atoms with E-state index in [1.54, 1.807) is 36.4 Å². The van der Waals surface area contributed by atoms with E-state index in [0.717, 1.165) is 40.1 Å². The Kier molecular flexibility index (Phi) is 5.21. The van der Waals surface area contributed by atoms with Crippen LogP contribution in [0.4, 0.5) is 5.82 Å². The van der Waals surface area contributed by atoms with Crippen LogP contribution in [0, 0.1) is 0 Å². The van der Waals surface area contributed by atoms with E-state index < -0.39 is 6.23 Å². The lowest BCUT2D eigenvalue weighted by Crippen LogP contribution is -2.24. The van der Waals surface area contributed by atoms with E-state index in [9.17, 15) is 15.3 Å². The highest BCUT2D eigenvalue weighted by molar-refractivity contribution is 5.78. The van der Waals surface area contributed by atoms with E-state index in [-0.39, 0.29) is 11.5 Å². The van der Waals surface area contributed by atoms with Crippen molar-refractivity contribution in [2.45, 2.75) is 25.5 Å². The van der Waals surface area contributed by atoms with Crippen molar-refractivity contribution in [1.29, 1.82) is 0 Å². The molecule has 0 spiro atoms. The van der Waals surface area contributed by atoms with Gasteiger partial charge in [-0.25, -0.2) is 9.97 Å². The van der Waals surface area contributed by atoms with Gasteiger partial charge in [0.05, 0.1) is 11.4 Å². The molecule has 3 aromatic carbocycles. The molecule has 4 N–H and O–H groups in total. The Balaban J connectivity index is 1.56. The number of phenols is 2. The predicted molar refractivity (Wildman–Crippen MR) is 123 cm³/mol. The van der Waals surface area contributed by atoms with Gasteiger partial charge in [0, 0.05) is 17.5 Å². The summed E-state index contributed by atoms with van der Waals surface area (Å²) in [7, 11) is 0. The summed E-state index contributed by atoms with van der Waals surface area (Å²) in [5.74, 6) is 0.903. The van der Waals surface area contributed by atoms with Gasteiger partial charge >= 0.3 is 0 Å². The second-order valence-corrected chi connectivity index (χ2v) is 7.95. The van der Waals surface area contributed by atoms with Crippen molar-refractivity contribution in [3.63, 3.8) is 0 Å². The van der Waals surface area contributed by atoms with Crippen LogP contribution < -0.4 is 5.32 Å². The summed E-state index contributed by atoms with van der Waals surface area (Å²) < 4.78 is 0. The third-order valence-electron chi connectivity index (χ3n) is 5.66. The maximum absolute atomic E-state index is 10.7. The van der Waals surface area contributed by atoms with Gasteiger partial charge in [0.15, 0.2) is 5.82 Å². The number of anilines is 1. The van der Waals surface area contributed by atoms with E-state index >= 15 is 0 Å². The van der Waals surface area contributed by atoms with E-state index in [2.05, 4.69) is 5.32 Å². The number of aryl methyl sites for hydroxylation is 2. The summed E-state index contributed by atoms with van der Waals surface area (Å²) in [6, 6.07) is 21.8. The summed E-state index contributed by atoms with van der Waals surface area (Å²) >= 11 is 0. The number of aromatic hydroxyl groups is 2. The first-order valence-corrected chi connectivity index (χ1v) is 10.6. The Morgan fingerprint density at radius 3 is 2.34 bits per heavy atom. The van der Waals surface area contributed by atoms with Gasteiger partial charge in [0.25, 0.3) is 0 Å². The third kappa shape index (κ3) is 4.00. The van der Waals surface area contributed by atoms with Gasteiger partial charge in [-0.05, 0) is 66.4 Å². The SMILES string of the molecule is Oc1ccc(-c2nc3c(nc2NC(O)Cc2ccccc2)CCc2cc(O)ccc2-3)cc1. The fraction of sp³-hybridized carbons (Fsp3) is 0.154. The number of nitrogens with zero attached hydrogens (tertiary/aromatic N) is 2. The quantitative estimate of drug-likeness (QED) is 0.356. The first kappa shape index (κ1) is 20.0. The number of nitrogens with one attached hydrogen (secondary N) is 1. The van der Waals surface area contributed by atoms with E-state index in [4.69, 9.17) is 9.97 Å². The van der Waals surface area contributed by atoms with Crippen molar-refractivity contribution in [3.8, 4) is 34.0 Å². The van der Waals surface area contributed by atoms with Gasteiger partial charge in [0.1, 0.15) is 23.4 Å². The molecule has 0 saturated carbocycles. The van der Waals surface area contributed by atoms with Crippen LogP contribution in [-0.2, 0) is 19.3 Å². The second kappa shape index (κ2) is 8.32. The van der Waals surface area contributed by atoms with Gasteiger partial charge in [-0.1, -0.05) is 30.3 Å². The zero-order valence-corrected chi connectivity index (χ0v) is 17.4. The van der Waals surface area contributed by atoms with Crippen molar-refractivity contribution in [2.24, 2.45) is 0 Å². The number of phenolic OH excluding ortho intramolecular Hbond substituents is 2. The fourth-order valence-corrected chi connectivity index (χ4v) is 4.10. The number of fused-ring (bicyclic) bond motifs is 3. The molecule has 5 rings (SSSR count). The van der Waals surface area contributed by atoms with Crippen LogP contribution in [0.1, 0.15) is 16.8 Å². The van der Waals surface area contributed by atoms with Crippen LogP contribution in [0.2, 0.25) is 0 Å². The molecule has 0 amide bonds. The van der Waals surface area contributed by atoms with Crippen LogP contribution in [0.15, 0.2) is 72.8 Å². The minimum absolute atomic E-state index is 0.166. The largest absolute Gasteiger partial charge is 0.508 e. The Morgan fingerprint density at radius 1 is 0.812 bits per heavy atom. The van der Waals surface area contributed by atoms with Crippen molar-refractivity contribution in [3.05, 3.63) is 89.6 Å². The molecule has 160 valence electrons.